The molecule has 3 aromatic rings. The molecule has 1 unspecified atom stereocenters. The van der Waals surface area contributed by atoms with Crippen molar-refractivity contribution in [2.24, 2.45) is 5.92 Å². The summed E-state index contributed by atoms with van der Waals surface area (Å²) < 4.78 is 28.2. The highest BCUT2D eigenvalue weighted by atomic mass is 35.5. The molecule has 1 aliphatic heterocycles. The maximum atomic E-state index is 12.9. The van der Waals surface area contributed by atoms with Gasteiger partial charge in [0.1, 0.15) is 4.34 Å². The second-order valence-corrected chi connectivity index (χ2v) is 11.9. The summed E-state index contributed by atoms with van der Waals surface area (Å²) in [5.41, 5.74) is 1.36. The molecule has 1 amide bonds. The van der Waals surface area contributed by atoms with Crippen molar-refractivity contribution >= 4 is 66.9 Å². The quantitative estimate of drug-likeness (QED) is 0.519. The number of halogens is 2. The van der Waals surface area contributed by atoms with E-state index in [9.17, 15) is 13.2 Å². The molecule has 6 nitrogen and oxygen atoms in total. The predicted molar refractivity (Wildman–Crippen MR) is 122 cm³/mol. The zero-order valence-corrected chi connectivity index (χ0v) is 19.5. The SMILES string of the molecule is O=C(Nc1nc(-c2cc(Cl)sc2Cl)cs1)C1CCCN(S(=O)(=O)c2ccccc2)C1. The molecule has 1 aliphatic rings. The Balaban J connectivity index is 1.45. The molecule has 1 saturated heterocycles. The molecule has 1 fully saturated rings. The standard InChI is InChI=1S/C19H17Cl2N3O3S3/c20-16-9-14(17(21)29-16)15-11-28-19(22-15)23-18(25)12-5-4-8-24(10-12)30(26,27)13-6-2-1-3-7-13/h1-3,6-7,9,11-12H,4-5,8,10H2,(H,22,23,25). The molecule has 2 aromatic heterocycles. The second kappa shape index (κ2) is 8.94. The van der Waals surface area contributed by atoms with E-state index in [4.69, 9.17) is 23.2 Å². The molecule has 0 aliphatic carbocycles. The Kier molecular flexibility index (Phi) is 6.47. The molecular formula is C19H17Cl2N3O3S3. The number of piperidine rings is 1. The van der Waals surface area contributed by atoms with E-state index in [1.165, 1.54) is 27.0 Å². The highest BCUT2D eigenvalue weighted by molar-refractivity contribution is 7.89. The first-order valence-corrected chi connectivity index (χ1v) is 13.0. The van der Waals surface area contributed by atoms with Gasteiger partial charge >= 0.3 is 0 Å². The van der Waals surface area contributed by atoms with Crippen LogP contribution in [0.25, 0.3) is 11.3 Å². The van der Waals surface area contributed by atoms with E-state index in [0.29, 0.717) is 38.9 Å². The number of nitrogens with one attached hydrogen (secondary N) is 1. The number of hydrogen-bond acceptors (Lipinski definition) is 6. The van der Waals surface area contributed by atoms with Gasteiger partial charge in [-0.3, -0.25) is 4.79 Å². The van der Waals surface area contributed by atoms with E-state index < -0.39 is 15.9 Å². The van der Waals surface area contributed by atoms with Crippen LogP contribution in [-0.2, 0) is 14.8 Å². The third-order valence-corrected chi connectivity index (χ3v) is 8.93. The summed E-state index contributed by atoms with van der Waals surface area (Å²) in [5, 5.41) is 5.05. The van der Waals surface area contributed by atoms with Crippen LogP contribution in [0.15, 0.2) is 46.7 Å². The van der Waals surface area contributed by atoms with E-state index >= 15 is 0 Å². The van der Waals surface area contributed by atoms with Gasteiger partial charge in [0, 0.05) is 24.0 Å². The van der Waals surface area contributed by atoms with Crippen molar-refractivity contribution in [3.8, 4) is 11.3 Å². The van der Waals surface area contributed by atoms with Gasteiger partial charge in [0.05, 0.1) is 20.8 Å². The molecule has 11 heteroatoms. The summed E-state index contributed by atoms with van der Waals surface area (Å²) in [6, 6.07) is 10.0. The second-order valence-electron chi connectivity index (χ2n) is 6.78. The molecule has 1 N–H and O–H groups in total. The van der Waals surface area contributed by atoms with Crippen molar-refractivity contribution < 1.29 is 13.2 Å². The molecule has 1 aromatic carbocycles. The summed E-state index contributed by atoms with van der Waals surface area (Å²) in [5.74, 6) is -0.679. The summed E-state index contributed by atoms with van der Waals surface area (Å²) >= 11 is 14.7. The number of aromatic nitrogens is 1. The molecule has 0 spiro atoms. The van der Waals surface area contributed by atoms with E-state index in [-0.39, 0.29) is 17.3 Å². The molecular weight excluding hydrogens is 485 g/mol. The van der Waals surface area contributed by atoms with Crippen LogP contribution in [0.4, 0.5) is 5.13 Å². The first-order valence-electron chi connectivity index (χ1n) is 9.11. The van der Waals surface area contributed by atoms with E-state index in [0.717, 1.165) is 5.56 Å². The summed E-state index contributed by atoms with van der Waals surface area (Å²) in [7, 11) is -3.62. The number of thiophene rings is 1. The third-order valence-electron chi connectivity index (χ3n) is 4.80. The van der Waals surface area contributed by atoms with Crippen LogP contribution in [0.5, 0.6) is 0 Å². The molecule has 3 heterocycles. The predicted octanol–water partition coefficient (Wildman–Crippen LogP) is 5.22. The van der Waals surface area contributed by atoms with E-state index in [1.807, 2.05) is 0 Å². The van der Waals surface area contributed by atoms with Gasteiger partial charge < -0.3 is 5.32 Å². The van der Waals surface area contributed by atoms with Gasteiger partial charge in [0.25, 0.3) is 0 Å². The maximum Gasteiger partial charge on any atom is 0.243 e. The Morgan fingerprint density at radius 3 is 2.70 bits per heavy atom. The number of sulfonamides is 1. The Bertz CT molecular complexity index is 1160. The van der Waals surface area contributed by atoms with Gasteiger partial charge in [-0.25, -0.2) is 13.4 Å². The van der Waals surface area contributed by atoms with Crippen LogP contribution >= 0.6 is 45.9 Å². The number of carbonyl (C=O) groups is 1. The van der Waals surface area contributed by atoms with Crippen LogP contribution in [0.2, 0.25) is 8.67 Å². The van der Waals surface area contributed by atoms with Crippen molar-refractivity contribution in [2.45, 2.75) is 17.7 Å². The average Bonchev–Trinajstić information content (AvgIpc) is 3.34. The van der Waals surface area contributed by atoms with E-state index in [1.54, 1.807) is 41.8 Å². The van der Waals surface area contributed by atoms with Gasteiger partial charge in [0.2, 0.25) is 15.9 Å². The van der Waals surface area contributed by atoms with Crippen molar-refractivity contribution in [1.82, 2.24) is 9.29 Å². The minimum Gasteiger partial charge on any atom is -0.302 e. The molecule has 158 valence electrons. The zero-order valence-electron chi connectivity index (χ0n) is 15.5. The normalized spacial score (nSPS) is 17.7. The lowest BCUT2D eigenvalue weighted by Gasteiger charge is -2.31. The Hall–Kier alpha value is -1.49. The number of anilines is 1. The number of rotatable bonds is 5. The Morgan fingerprint density at radius 2 is 2.00 bits per heavy atom. The molecule has 1 atom stereocenters. The Labute approximate surface area is 192 Å². The first-order chi connectivity index (χ1) is 14.3. The fourth-order valence-corrected chi connectivity index (χ4v) is 7.03. The van der Waals surface area contributed by atoms with Crippen molar-refractivity contribution in [3.05, 3.63) is 50.5 Å². The zero-order chi connectivity index (χ0) is 21.3. The summed E-state index contributed by atoms with van der Waals surface area (Å²) in [6.07, 6.45) is 1.24. The lowest BCUT2D eigenvalue weighted by molar-refractivity contribution is -0.120. The minimum atomic E-state index is -3.62. The maximum absolute atomic E-state index is 12.9. The Morgan fingerprint density at radius 1 is 1.23 bits per heavy atom. The van der Waals surface area contributed by atoms with E-state index in [2.05, 4.69) is 10.3 Å². The number of thiazole rings is 1. The van der Waals surface area contributed by atoms with Gasteiger partial charge in [-0.05, 0) is 31.0 Å². The van der Waals surface area contributed by atoms with Gasteiger partial charge in [0.15, 0.2) is 5.13 Å². The number of carbonyl (C=O) groups excluding carboxylic acids is 1. The third kappa shape index (κ3) is 4.56. The molecule has 30 heavy (non-hydrogen) atoms. The summed E-state index contributed by atoms with van der Waals surface area (Å²) in [6.45, 7) is 0.549. The van der Waals surface area contributed by atoms with Crippen LogP contribution in [0.3, 0.4) is 0 Å². The summed E-state index contributed by atoms with van der Waals surface area (Å²) in [4.78, 5) is 17.4. The van der Waals surface area contributed by atoms with Gasteiger partial charge in [-0.1, -0.05) is 41.4 Å². The number of benzene rings is 1. The largest absolute Gasteiger partial charge is 0.302 e. The van der Waals surface area contributed by atoms with Crippen LogP contribution in [0.1, 0.15) is 12.8 Å². The fourth-order valence-electron chi connectivity index (χ4n) is 3.29. The van der Waals surface area contributed by atoms with Crippen LogP contribution < -0.4 is 5.32 Å². The lowest BCUT2D eigenvalue weighted by atomic mass is 9.99. The van der Waals surface area contributed by atoms with Gasteiger partial charge in [-0.2, -0.15) is 4.31 Å². The van der Waals surface area contributed by atoms with Crippen molar-refractivity contribution in [3.63, 3.8) is 0 Å². The smallest absolute Gasteiger partial charge is 0.243 e. The van der Waals surface area contributed by atoms with Crippen LogP contribution in [0, 0.1) is 5.92 Å². The molecule has 0 radical (unpaired) electrons. The molecule has 0 saturated carbocycles. The lowest BCUT2D eigenvalue weighted by Crippen LogP contribution is -2.43. The minimum absolute atomic E-state index is 0.146. The fraction of sp³-hybridized carbons (Fsp3) is 0.263. The highest BCUT2D eigenvalue weighted by Gasteiger charge is 2.33. The molecule has 4 rings (SSSR count). The van der Waals surface area contributed by atoms with Crippen molar-refractivity contribution in [1.29, 1.82) is 0 Å². The highest BCUT2D eigenvalue weighted by Crippen LogP contribution is 2.39. The number of amides is 1. The molecule has 0 bridgehead atoms. The topological polar surface area (TPSA) is 79.4 Å². The number of nitrogens with zero attached hydrogens (tertiary/aromatic N) is 2. The monoisotopic (exact) mass is 501 g/mol. The van der Waals surface area contributed by atoms with Crippen LogP contribution in [-0.4, -0.2) is 36.7 Å². The first kappa shape index (κ1) is 21.7. The van der Waals surface area contributed by atoms with Crippen molar-refractivity contribution in [2.75, 3.05) is 18.4 Å². The average molecular weight is 502 g/mol. The number of hydrogen-bond donors (Lipinski definition) is 1. The van der Waals surface area contributed by atoms with Gasteiger partial charge in [-0.15, -0.1) is 22.7 Å².